The Hall–Kier alpha value is -2.88. The Morgan fingerprint density at radius 2 is 1.88 bits per heavy atom. The zero-order valence-corrected chi connectivity index (χ0v) is 19.9. The van der Waals surface area contributed by atoms with Gasteiger partial charge in [0.1, 0.15) is 0 Å². The molecule has 164 valence electrons. The fourth-order valence-corrected chi connectivity index (χ4v) is 4.95. The van der Waals surface area contributed by atoms with Gasteiger partial charge in [0, 0.05) is 28.6 Å². The van der Waals surface area contributed by atoms with E-state index < -0.39 is 0 Å². The van der Waals surface area contributed by atoms with Crippen molar-refractivity contribution in [2.24, 2.45) is 0 Å². The number of anilines is 2. The predicted octanol–water partition coefficient (Wildman–Crippen LogP) is 5.31. The summed E-state index contributed by atoms with van der Waals surface area (Å²) in [5.41, 5.74) is 3.69. The van der Waals surface area contributed by atoms with E-state index in [9.17, 15) is 4.79 Å². The average molecular weight is 485 g/mol. The molecule has 2 N–H and O–H groups in total. The molecule has 0 radical (unpaired) electrons. The van der Waals surface area contributed by atoms with Gasteiger partial charge in [0.15, 0.2) is 11.0 Å². The molecule has 7 nitrogen and oxygen atoms in total. The summed E-state index contributed by atoms with van der Waals surface area (Å²) < 4.78 is 1.46. The number of aryl methyl sites for hydroxylation is 1. The molecule has 2 aromatic carbocycles. The zero-order valence-electron chi connectivity index (χ0n) is 17.5. The van der Waals surface area contributed by atoms with Crippen LogP contribution in [-0.4, -0.2) is 25.8 Å². The van der Waals surface area contributed by atoms with Crippen molar-refractivity contribution >= 4 is 51.4 Å². The van der Waals surface area contributed by atoms with Crippen molar-refractivity contribution in [2.75, 3.05) is 10.7 Å². The van der Waals surface area contributed by atoms with Crippen LogP contribution in [0, 0.1) is 0 Å². The Balaban J connectivity index is 1.48. The first-order valence-electron chi connectivity index (χ1n) is 9.89. The van der Waals surface area contributed by atoms with E-state index in [2.05, 4.69) is 22.1 Å². The number of nitrogens with zero attached hydrogens (tertiary/aromatic N) is 5. The maximum absolute atomic E-state index is 12.3. The molecule has 0 aliphatic carbocycles. The Bertz CT molecular complexity index is 1220. The second kappa shape index (κ2) is 9.72. The van der Waals surface area contributed by atoms with Crippen molar-refractivity contribution < 1.29 is 4.79 Å². The number of nitrogen functional groups attached to an aromatic ring is 1. The molecule has 0 bridgehead atoms. The van der Waals surface area contributed by atoms with Gasteiger partial charge in [-0.2, -0.15) is 0 Å². The summed E-state index contributed by atoms with van der Waals surface area (Å²) in [6.45, 7) is 3.64. The quantitative estimate of drug-likeness (QED) is 0.282. The number of hydrogen-bond acceptors (Lipinski definition) is 7. The lowest BCUT2D eigenvalue weighted by Gasteiger charge is -2.18. The van der Waals surface area contributed by atoms with E-state index in [1.165, 1.54) is 33.3 Å². The summed E-state index contributed by atoms with van der Waals surface area (Å²) in [4.78, 5) is 18.6. The van der Waals surface area contributed by atoms with Gasteiger partial charge in [0.2, 0.25) is 11.1 Å². The Kier molecular flexibility index (Phi) is 6.78. The van der Waals surface area contributed by atoms with Crippen molar-refractivity contribution in [1.82, 2.24) is 19.9 Å². The molecule has 0 atom stereocenters. The molecule has 32 heavy (non-hydrogen) atoms. The number of carbonyl (C=O) groups excluding carboxylic acids is 1. The minimum Gasteiger partial charge on any atom is -0.335 e. The fourth-order valence-electron chi connectivity index (χ4n) is 3.08. The number of nitrogens with two attached hydrogens (primary N) is 1. The molecule has 4 rings (SSSR count). The van der Waals surface area contributed by atoms with E-state index in [0.29, 0.717) is 26.9 Å². The molecule has 2 heterocycles. The third kappa shape index (κ3) is 4.79. The van der Waals surface area contributed by atoms with Crippen LogP contribution < -0.4 is 10.7 Å². The largest absolute Gasteiger partial charge is 0.335 e. The van der Waals surface area contributed by atoms with Crippen LogP contribution in [0.15, 0.2) is 59.1 Å². The molecule has 0 unspecified atom stereocenters. The molecular weight excluding hydrogens is 464 g/mol. The summed E-state index contributed by atoms with van der Waals surface area (Å²) in [6.07, 6.45) is 0.949. The van der Waals surface area contributed by atoms with Crippen LogP contribution in [0.3, 0.4) is 0 Å². The number of halogens is 1. The first-order chi connectivity index (χ1) is 15.5. The Morgan fingerprint density at radius 1 is 1.16 bits per heavy atom. The first kappa shape index (κ1) is 22.3. The summed E-state index contributed by atoms with van der Waals surface area (Å²) in [5, 5.41) is 12.2. The van der Waals surface area contributed by atoms with Crippen molar-refractivity contribution in [3.05, 3.63) is 70.2 Å². The van der Waals surface area contributed by atoms with Crippen LogP contribution >= 0.6 is 34.7 Å². The standard InChI is InChI=1S/C22H21ClN6OS2/c1-3-15-4-10-19(11-5-15)28(14(2)30)21-25-18(12-31-21)13-32-22-27-26-20(29(22)24)16-6-8-17(23)9-7-16/h4-12H,3,13,24H2,1-2H3. The monoisotopic (exact) mass is 484 g/mol. The highest BCUT2D eigenvalue weighted by Gasteiger charge is 2.19. The van der Waals surface area contributed by atoms with Gasteiger partial charge in [0.05, 0.1) is 11.4 Å². The predicted molar refractivity (Wildman–Crippen MR) is 131 cm³/mol. The number of carbonyl (C=O) groups is 1. The molecule has 0 spiro atoms. The third-order valence-corrected chi connectivity index (χ3v) is 6.87. The number of thiazole rings is 1. The lowest BCUT2D eigenvalue weighted by Crippen LogP contribution is -2.22. The molecule has 4 aromatic rings. The molecule has 1 amide bonds. The fraction of sp³-hybridized carbons (Fsp3) is 0.182. The van der Waals surface area contributed by atoms with Crippen LogP contribution in [-0.2, 0) is 17.0 Å². The number of aromatic nitrogens is 4. The molecule has 0 saturated carbocycles. The Morgan fingerprint density at radius 3 is 2.53 bits per heavy atom. The van der Waals surface area contributed by atoms with E-state index in [1.54, 1.807) is 24.0 Å². The van der Waals surface area contributed by atoms with Gasteiger partial charge >= 0.3 is 0 Å². The topological polar surface area (TPSA) is 89.9 Å². The average Bonchev–Trinajstić information content (AvgIpc) is 3.40. The van der Waals surface area contributed by atoms with Gasteiger partial charge in [-0.25, -0.2) is 9.66 Å². The number of thioether (sulfide) groups is 1. The highest BCUT2D eigenvalue weighted by Crippen LogP contribution is 2.31. The smallest absolute Gasteiger partial charge is 0.230 e. The normalized spacial score (nSPS) is 11.0. The van der Waals surface area contributed by atoms with Gasteiger partial charge in [-0.1, -0.05) is 42.4 Å². The van der Waals surface area contributed by atoms with Gasteiger partial charge in [-0.3, -0.25) is 9.69 Å². The number of amides is 1. The van der Waals surface area contributed by atoms with Gasteiger partial charge in [-0.15, -0.1) is 21.5 Å². The highest BCUT2D eigenvalue weighted by molar-refractivity contribution is 7.98. The molecule has 10 heteroatoms. The molecule has 2 aromatic heterocycles. The highest BCUT2D eigenvalue weighted by atomic mass is 35.5. The molecule has 0 fully saturated rings. The van der Waals surface area contributed by atoms with Gasteiger partial charge in [-0.05, 0) is 48.4 Å². The third-order valence-electron chi connectivity index (χ3n) is 4.76. The molecule has 0 aliphatic rings. The first-order valence-corrected chi connectivity index (χ1v) is 12.1. The SMILES string of the molecule is CCc1ccc(N(C(C)=O)c2nc(CSc3nnc(-c4ccc(Cl)cc4)n3N)cs2)cc1. The van der Waals surface area contributed by atoms with Crippen LogP contribution in [0.2, 0.25) is 5.02 Å². The van der Waals surface area contributed by atoms with Crippen molar-refractivity contribution in [3.8, 4) is 11.4 Å². The number of benzene rings is 2. The van der Waals surface area contributed by atoms with Gasteiger partial charge < -0.3 is 5.84 Å². The summed E-state index contributed by atoms with van der Waals surface area (Å²) in [7, 11) is 0. The van der Waals surface area contributed by atoms with Crippen LogP contribution in [0.5, 0.6) is 0 Å². The van der Waals surface area contributed by atoms with Crippen molar-refractivity contribution in [1.29, 1.82) is 0 Å². The number of rotatable bonds is 7. The second-order valence-electron chi connectivity index (χ2n) is 6.97. The number of hydrogen-bond donors (Lipinski definition) is 1. The maximum atomic E-state index is 12.3. The molecule has 0 saturated heterocycles. The zero-order chi connectivity index (χ0) is 22.7. The van der Waals surface area contributed by atoms with Crippen LogP contribution in [0.4, 0.5) is 10.8 Å². The van der Waals surface area contributed by atoms with Crippen LogP contribution in [0.1, 0.15) is 25.1 Å². The summed E-state index contributed by atoms with van der Waals surface area (Å²) in [6, 6.07) is 15.2. The lowest BCUT2D eigenvalue weighted by atomic mass is 10.1. The van der Waals surface area contributed by atoms with E-state index >= 15 is 0 Å². The van der Waals surface area contributed by atoms with E-state index in [4.69, 9.17) is 17.4 Å². The summed E-state index contributed by atoms with van der Waals surface area (Å²) in [5.74, 6) is 7.22. The lowest BCUT2D eigenvalue weighted by molar-refractivity contribution is -0.115. The van der Waals surface area contributed by atoms with Crippen molar-refractivity contribution in [2.45, 2.75) is 31.2 Å². The minimum atomic E-state index is -0.0860. The van der Waals surface area contributed by atoms with E-state index in [1.807, 2.05) is 41.8 Å². The van der Waals surface area contributed by atoms with Crippen molar-refractivity contribution in [3.63, 3.8) is 0 Å². The summed E-state index contributed by atoms with van der Waals surface area (Å²) >= 11 is 8.81. The molecular formula is C22H21ClN6OS2. The molecule has 0 aliphatic heterocycles. The Labute approximate surface area is 199 Å². The maximum Gasteiger partial charge on any atom is 0.230 e. The van der Waals surface area contributed by atoms with E-state index in [0.717, 1.165) is 23.4 Å². The second-order valence-corrected chi connectivity index (χ2v) is 9.18. The van der Waals surface area contributed by atoms with E-state index in [-0.39, 0.29) is 5.91 Å². The minimum absolute atomic E-state index is 0.0860. The van der Waals surface area contributed by atoms with Gasteiger partial charge in [0.25, 0.3) is 0 Å². The van der Waals surface area contributed by atoms with Crippen LogP contribution in [0.25, 0.3) is 11.4 Å².